The predicted octanol–water partition coefficient (Wildman–Crippen LogP) is 3.03. The molecule has 0 radical (unpaired) electrons. The maximum Gasteiger partial charge on any atom is 0.401 e. The number of nitrogens with zero attached hydrogens (tertiary/aromatic N) is 3. The van der Waals surface area contributed by atoms with E-state index in [-0.39, 0.29) is 30.5 Å². The number of halogens is 3. The van der Waals surface area contributed by atoms with Crippen LogP contribution in [0.1, 0.15) is 37.6 Å². The summed E-state index contributed by atoms with van der Waals surface area (Å²) in [4.78, 5) is 31.9. The number of piperidine rings is 1. The number of fused-ring (bicyclic) bond motifs is 2. The Balaban J connectivity index is 1.77. The minimum Gasteiger partial charge on any atom is -0.396 e. The summed E-state index contributed by atoms with van der Waals surface area (Å²) in [6, 6.07) is -0.865. The lowest BCUT2D eigenvalue weighted by Gasteiger charge is -2.47. The van der Waals surface area contributed by atoms with Crippen LogP contribution in [-0.4, -0.2) is 85.7 Å². The second-order valence-corrected chi connectivity index (χ2v) is 12.3. The predicted molar refractivity (Wildman–Crippen MR) is 137 cm³/mol. The van der Waals surface area contributed by atoms with E-state index < -0.39 is 30.6 Å². The number of anilines is 2. The largest absolute Gasteiger partial charge is 0.401 e. The first-order valence-electron chi connectivity index (χ1n) is 12.3. The highest BCUT2D eigenvalue weighted by Gasteiger charge is 2.47. The van der Waals surface area contributed by atoms with Crippen molar-refractivity contribution >= 4 is 34.0 Å². The van der Waals surface area contributed by atoms with Crippen LogP contribution in [0.25, 0.3) is 0 Å². The highest BCUT2D eigenvalue weighted by Crippen LogP contribution is 2.45. The topological polar surface area (TPSA) is 108 Å². The molecular formula is C24H39F3N6O2S. The highest BCUT2D eigenvalue weighted by atomic mass is 32.1. The fourth-order valence-corrected chi connectivity index (χ4v) is 6.82. The van der Waals surface area contributed by atoms with E-state index in [1.54, 1.807) is 6.92 Å². The number of imide groups is 1. The van der Waals surface area contributed by atoms with Gasteiger partial charge in [-0.2, -0.15) is 13.2 Å². The number of alkyl halides is 3. The van der Waals surface area contributed by atoms with Crippen LogP contribution < -0.4 is 16.8 Å². The molecule has 3 rings (SSSR count). The molecule has 5 N–H and O–H groups in total. The van der Waals surface area contributed by atoms with Gasteiger partial charge in [-0.1, -0.05) is 13.8 Å². The number of carbonyl (C=O) groups excluding carboxylic acids is 2. The number of amides is 3. The van der Waals surface area contributed by atoms with Crippen molar-refractivity contribution in [3.05, 3.63) is 10.4 Å². The van der Waals surface area contributed by atoms with Crippen molar-refractivity contribution in [3.8, 4) is 0 Å². The van der Waals surface area contributed by atoms with E-state index in [1.165, 1.54) is 16.2 Å². The number of hydrogen-bond donors (Lipinski definition) is 3. The van der Waals surface area contributed by atoms with Crippen molar-refractivity contribution in [2.75, 3.05) is 58.3 Å². The SMILES string of the molecule is CCN(C(=O)NCC(C)(C)CN(C)C)C(=O)C1C[C@@H]2Cc3c(sc(N)c3N)C[C@H]2N(CC(F)(F)F)C1. The van der Waals surface area contributed by atoms with Crippen LogP contribution in [0.15, 0.2) is 0 Å². The average Bonchev–Trinajstić information content (AvgIpc) is 3.02. The molecule has 204 valence electrons. The molecule has 0 spiro atoms. The highest BCUT2D eigenvalue weighted by molar-refractivity contribution is 7.16. The molecule has 0 bridgehead atoms. The van der Waals surface area contributed by atoms with Crippen LogP contribution in [0.4, 0.5) is 28.7 Å². The number of thiophene rings is 1. The maximum atomic E-state index is 13.5. The smallest absolute Gasteiger partial charge is 0.396 e. The molecule has 8 nitrogen and oxygen atoms in total. The van der Waals surface area contributed by atoms with Crippen LogP contribution >= 0.6 is 11.3 Å². The zero-order chi connectivity index (χ0) is 27.0. The molecule has 1 aliphatic carbocycles. The van der Waals surface area contributed by atoms with E-state index in [9.17, 15) is 22.8 Å². The monoisotopic (exact) mass is 532 g/mol. The van der Waals surface area contributed by atoms with Gasteiger partial charge in [0.1, 0.15) is 5.00 Å². The normalized spacial score (nSPS) is 22.8. The second-order valence-electron chi connectivity index (χ2n) is 11.1. The van der Waals surface area contributed by atoms with Crippen LogP contribution in [0, 0.1) is 17.3 Å². The molecule has 1 aromatic heterocycles. The molecule has 1 aromatic rings. The van der Waals surface area contributed by atoms with Gasteiger partial charge < -0.3 is 21.7 Å². The van der Waals surface area contributed by atoms with Gasteiger partial charge in [0.25, 0.3) is 0 Å². The Kier molecular flexibility index (Phi) is 8.51. The van der Waals surface area contributed by atoms with Gasteiger partial charge in [-0.15, -0.1) is 11.3 Å². The number of urea groups is 1. The molecule has 12 heteroatoms. The summed E-state index contributed by atoms with van der Waals surface area (Å²) >= 11 is 1.34. The van der Waals surface area contributed by atoms with Crippen molar-refractivity contribution in [2.24, 2.45) is 17.3 Å². The lowest BCUT2D eigenvalue weighted by Crippen LogP contribution is -2.58. The van der Waals surface area contributed by atoms with Gasteiger partial charge in [0.05, 0.1) is 18.2 Å². The van der Waals surface area contributed by atoms with E-state index in [1.807, 2.05) is 32.8 Å². The van der Waals surface area contributed by atoms with Crippen LogP contribution in [0.3, 0.4) is 0 Å². The van der Waals surface area contributed by atoms with E-state index in [2.05, 4.69) is 5.32 Å². The Morgan fingerprint density at radius 2 is 1.86 bits per heavy atom. The molecule has 36 heavy (non-hydrogen) atoms. The minimum absolute atomic E-state index is 0.0406. The van der Waals surface area contributed by atoms with Crippen LogP contribution in [-0.2, 0) is 17.6 Å². The summed E-state index contributed by atoms with van der Waals surface area (Å²) in [7, 11) is 3.89. The molecule has 1 saturated heterocycles. The van der Waals surface area contributed by atoms with Crippen molar-refractivity contribution in [1.29, 1.82) is 0 Å². The first-order chi connectivity index (χ1) is 16.6. The molecule has 1 aliphatic heterocycles. The Morgan fingerprint density at radius 1 is 1.19 bits per heavy atom. The molecular weight excluding hydrogens is 493 g/mol. The standard InChI is InChI=1S/C24H39F3N6O2S/c1-6-33(22(35)30-11-23(2,3)12-31(4)5)21(34)15-7-14-8-16-18(36-20(29)19(16)28)9-17(14)32(10-15)13-24(25,26)27/h14-15,17H,6-13,28-29H2,1-5H3,(H,30,35)/t14-,15?,17-/m1/s1. The third-order valence-electron chi connectivity index (χ3n) is 7.10. The number of hydrogen-bond acceptors (Lipinski definition) is 7. The first kappa shape index (κ1) is 28.5. The summed E-state index contributed by atoms with van der Waals surface area (Å²) < 4.78 is 40.5. The summed E-state index contributed by atoms with van der Waals surface area (Å²) in [6.07, 6.45) is -3.08. The lowest BCUT2D eigenvalue weighted by atomic mass is 9.74. The zero-order valence-electron chi connectivity index (χ0n) is 21.7. The minimum atomic E-state index is -4.40. The van der Waals surface area contributed by atoms with Gasteiger partial charge in [-0.05, 0) is 57.2 Å². The molecule has 2 aliphatic rings. The van der Waals surface area contributed by atoms with E-state index in [0.29, 0.717) is 36.5 Å². The molecule has 0 saturated carbocycles. The molecule has 2 heterocycles. The number of nitrogen functional groups attached to an aromatic ring is 2. The second kappa shape index (κ2) is 10.7. The fraction of sp³-hybridized carbons (Fsp3) is 0.750. The van der Waals surface area contributed by atoms with Gasteiger partial charge >= 0.3 is 12.2 Å². The van der Waals surface area contributed by atoms with Crippen LogP contribution in [0.5, 0.6) is 0 Å². The number of nitrogens with two attached hydrogens (primary N) is 2. The Labute approximate surface area is 215 Å². The van der Waals surface area contributed by atoms with E-state index >= 15 is 0 Å². The van der Waals surface area contributed by atoms with Gasteiger partial charge in [0.2, 0.25) is 5.91 Å². The van der Waals surface area contributed by atoms with Crippen molar-refractivity contribution in [2.45, 2.75) is 52.3 Å². The first-order valence-corrected chi connectivity index (χ1v) is 13.1. The van der Waals surface area contributed by atoms with Crippen molar-refractivity contribution < 1.29 is 22.8 Å². The molecule has 3 atom stereocenters. The number of likely N-dealkylation sites (tertiary alicyclic amines) is 1. The number of carbonyl (C=O) groups is 2. The van der Waals surface area contributed by atoms with Gasteiger partial charge in [-0.25, -0.2) is 4.79 Å². The third-order valence-corrected chi connectivity index (χ3v) is 8.20. The summed E-state index contributed by atoms with van der Waals surface area (Å²) in [5, 5.41) is 3.33. The zero-order valence-corrected chi connectivity index (χ0v) is 22.6. The quantitative estimate of drug-likeness (QED) is 0.498. The summed E-state index contributed by atoms with van der Waals surface area (Å²) in [5.41, 5.74) is 13.3. The van der Waals surface area contributed by atoms with E-state index in [4.69, 9.17) is 11.5 Å². The Hall–Kier alpha value is -2.05. The van der Waals surface area contributed by atoms with Gasteiger partial charge in [-0.3, -0.25) is 14.6 Å². The lowest BCUT2D eigenvalue weighted by molar-refractivity contribution is -0.164. The van der Waals surface area contributed by atoms with E-state index in [0.717, 1.165) is 21.9 Å². The van der Waals surface area contributed by atoms with Crippen molar-refractivity contribution in [1.82, 2.24) is 20.0 Å². The third kappa shape index (κ3) is 6.63. The summed E-state index contributed by atoms with van der Waals surface area (Å²) in [6.45, 7) is 5.84. The fourth-order valence-electron chi connectivity index (χ4n) is 5.75. The maximum absolute atomic E-state index is 13.5. The molecule has 1 unspecified atom stereocenters. The molecule has 1 fully saturated rings. The number of nitrogens with one attached hydrogen (secondary N) is 1. The molecule has 0 aromatic carbocycles. The van der Waals surface area contributed by atoms with Crippen molar-refractivity contribution in [3.63, 3.8) is 0 Å². The van der Waals surface area contributed by atoms with Crippen LogP contribution in [0.2, 0.25) is 0 Å². The number of rotatable bonds is 7. The van der Waals surface area contributed by atoms with Gasteiger partial charge in [0.15, 0.2) is 0 Å². The van der Waals surface area contributed by atoms with Gasteiger partial charge in [0, 0.05) is 37.1 Å². The molecule has 3 amide bonds. The Bertz CT molecular complexity index is 964. The summed E-state index contributed by atoms with van der Waals surface area (Å²) in [5.74, 6) is -1.33. The Morgan fingerprint density at radius 3 is 2.44 bits per heavy atom. The average molecular weight is 533 g/mol.